The van der Waals surface area contributed by atoms with Crippen LogP contribution in [0.5, 0.6) is 0 Å². The summed E-state index contributed by atoms with van der Waals surface area (Å²) < 4.78 is 0. The number of rotatable bonds is 4. The van der Waals surface area contributed by atoms with Gasteiger partial charge in [0.15, 0.2) is 0 Å². The van der Waals surface area contributed by atoms with Gasteiger partial charge < -0.3 is 10.2 Å². The van der Waals surface area contributed by atoms with Crippen molar-refractivity contribution in [2.75, 3.05) is 6.54 Å². The highest BCUT2D eigenvalue weighted by Crippen LogP contribution is 2.49. The molecule has 118 valence electrons. The van der Waals surface area contributed by atoms with E-state index in [1.54, 1.807) is 0 Å². The molecular formula is C18H30N2O. The van der Waals surface area contributed by atoms with Crippen molar-refractivity contribution in [3.63, 3.8) is 0 Å². The van der Waals surface area contributed by atoms with Gasteiger partial charge in [0, 0.05) is 30.6 Å². The van der Waals surface area contributed by atoms with Gasteiger partial charge in [-0.3, -0.25) is 4.79 Å². The quantitative estimate of drug-likeness (QED) is 0.863. The van der Waals surface area contributed by atoms with Gasteiger partial charge in [0.25, 0.3) is 0 Å². The molecule has 5 atom stereocenters. The molecule has 4 rings (SSSR count). The molecule has 21 heavy (non-hydrogen) atoms. The van der Waals surface area contributed by atoms with E-state index in [0.29, 0.717) is 30.0 Å². The first-order valence-electron chi connectivity index (χ1n) is 9.31. The fourth-order valence-electron chi connectivity index (χ4n) is 5.76. The van der Waals surface area contributed by atoms with E-state index in [-0.39, 0.29) is 0 Å². The molecule has 0 radical (unpaired) electrons. The summed E-state index contributed by atoms with van der Waals surface area (Å²) in [5.74, 6) is 2.50. The van der Waals surface area contributed by atoms with E-state index in [0.717, 1.165) is 24.8 Å². The predicted molar refractivity (Wildman–Crippen MR) is 83.9 cm³/mol. The minimum Gasteiger partial charge on any atom is -0.339 e. The van der Waals surface area contributed by atoms with Gasteiger partial charge in [-0.25, -0.2) is 0 Å². The molecule has 0 aromatic heterocycles. The first-order valence-corrected chi connectivity index (χ1v) is 9.31. The van der Waals surface area contributed by atoms with Crippen LogP contribution in [0.4, 0.5) is 0 Å². The van der Waals surface area contributed by atoms with Crippen molar-refractivity contribution in [2.24, 2.45) is 17.8 Å². The Morgan fingerprint density at radius 3 is 2.38 bits per heavy atom. The Morgan fingerprint density at radius 1 is 1.05 bits per heavy atom. The van der Waals surface area contributed by atoms with Crippen LogP contribution < -0.4 is 5.32 Å². The molecule has 2 heterocycles. The summed E-state index contributed by atoms with van der Waals surface area (Å²) in [5.41, 5.74) is 0. The maximum Gasteiger partial charge on any atom is 0.226 e. The zero-order valence-corrected chi connectivity index (χ0v) is 13.4. The van der Waals surface area contributed by atoms with E-state index in [2.05, 4.69) is 17.1 Å². The second-order valence-electron chi connectivity index (χ2n) is 8.08. The zero-order valence-electron chi connectivity index (χ0n) is 13.4. The van der Waals surface area contributed by atoms with Crippen LogP contribution in [0, 0.1) is 17.8 Å². The molecule has 2 aliphatic carbocycles. The lowest BCUT2D eigenvalue weighted by Crippen LogP contribution is -2.52. The molecule has 2 saturated carbocycles. The number of hydrogen-bond donors (Lipinski definition) is 1. The number of fused-ring (bicyclic) bond motifs is 4. The number of carbonyl (C=O) groups excluding carboxylic acids is 1. The number of nitrogens with zero attached hydrogens (tertiary/aromatic N) is 1. The lowest BCUT2D eigenvalue weighted by molar-refractivity contribution is -0.140. The van der Waals surface area contributed by atoms with Crippen LogP contribution >= 0.6 is 0 Å². The molecule has 0 spiro atoms. The van der Waals surface area contributed by atoms with Gasteiger partial charge >= 0.3 is 0 Å². The largest absolute Gasteiger partial charge is 0.339 e. The molecule has 4 fully saturated rings. The molecule has 1 amide bonds. The highest BCUT2D eigenvalue weighted by Gasteiger charge is 2.46. The molecule has 0 aromatic rings. The van der Waals surface area contributed by atoms with Crippen molar-refractivity contribution in [3.8, 4) is 0 Å². The normalized spacial score (nSPS) is 44.2. The van der Waals surface area contributed by atoms with E-state index in [1.807, 2.05) is 0 Å². The summed E-state index contributed by atoms with van der Waals surface area (Å²) in [6, 6.07) is 1.89. The third-order valence-corrected chi connectivity index (χ3v) is 6.69. The van der Waals surface area contributed by atoms with Crippen LogP contribution in [0.25, 0.3) is 0 Å². The standard InChI is InChI=1S/C18H30N2O/c1-2-7-20(16-10-14-5-6-15(11-16)19-14)18(21)17-9-12-3-4-13(17)8-12/h12-17,19H,2-11H2,1H3. The van der Waals surface area contributed by atoms with Crippen LogP contribution in [-0.4, -0.2) is 35.5 Å². The van der Waals surface area contributed by atoms with Crippen molar-refractivity contribution in [3.05, 3.63) is 0 Å². The molecule has 1 N–H and O–H groups in total. The third-order valence-electron chi connectivity index (χ3n) is 6.69. The van der Waals surface area contributed by atoms with Crippen LogP contribution in [0.3, 0.4) is 0 Å². The van der Waals surface area contributed by atoms with Crippen molar-refractivity contribution in [1.29, 1.82) is 0 Å². The van der Waals surface area contributed by atoms with Crippen molar-refractivity contribution in [1.82, 2.24) is 10.2 Å². The molecule has 2 saturated heterocycles. The van der Waals surface area contributed by atoms with E-state index in [1.165, 1.54) is 51.4 Å². The molecule has 4 bridgehead atoms. The highest BCUT2D eigenvalue weighted by atomic mass is 16.2. The molecule has 3 heteroatoms. The third kappa shape index (κ3) is 2.52. The Bertz CT molecular complexity index is 398. The number of amides is 1. The van der Waals surface area contributed by atoms with Crippen LogP contribution in [0.1, 0.15) is 64.7 Å². The van der Waals surface area contributed by atoms with Gasteiger partial charge in [-0.1, -0.05) is 13.3 Å². The molecule has 4 aliphatic rings. The van der Waals surface area contributed by atoms with E-state index < -0.39 is 0 Å². The average Bonchev–Trinajstić information content (AvgIpc) is 3.19. The average molecular weight is 290 g/mol. The van der Waals surface area contributed by atoms with Crippen LogP contribution in [0.15, 0.2) is 0 Å². The minimum absolute atomic E-state index is 0.378. The molecule has 2 aliphatic heterocycles. The molecule has 3 nitrogen and oxygen atoms in total. The number of hydrogen-bond acceptors (Lipinski definition) is 2. The fraction of sp³-hybridized carbons (Fsp3) is 0.944. The van der Waals surface area contributed by atoms with Gasteiger partial charge in [0.1, 0.15) is 0 Å². The Labute approximate surface area is 128 Å². The number of nitrogens with one attached hydrogen (secondary N) is 1. The predicted octanol–water partition coefficient (Wildman–Crippen LogP) is 2.94. The van der Waals surface area contributed by atoms with Gasteiger partial charge in [-0.2, -0.15) is 0 Å². The maximum atomic E-state index is 13.2. The minimum atomic E-state index is 0.378. The van der Waals surface area contributed by atoms with Gasteiger partial charge in [-0.05, 0) is 63.2 Å². The second kappa shape index (κ2) is 5.57. The summed E-state index contributed by atoms with van der Waals surface area (Å²) in [6.45, 7) is 3.20. The highest BCUT2D eigenvalue weighted by molar-refractivity contribution is 5.80. The topological polar surface area (TPSA) is 32.3 Å². The molecular weight excluding hydrogens is 260 g/mol. The van der Waals surface area contributed by atoms with E-state index in [4.69, 9.17) is 0 Å². The molecule has 5 unspecified atom stereocenters. The van der Waals surface area contributed by atoms with E-state index >= 15 is 0 Å². The van der Waals surface area contributed by atoms with Crippen molar-refractivity contribution >= 4 is 5.91 Å². The summed E-state index contributed by atoms with van der Waals surface area (Å²) in [7, 11) is 0. The van der Waals surface area contributed by atoms with Crippen molar-refractivity contribution < 1.29 is 4.79 Å². The van der Waals surface area contributed by atoms with Crippen LogP contribution in [-0.2, 0) is 4.79 Å². The summed E-state index contributed by atoms with van der Waals surface area (Å²) >= 11 is 0. The Hall–Kier alpha value is -0.570. The molecule has 0 aromatic carbocycles. The smallest absolute Gasteiger partial charge is 0.226 e. The lowest BCUT2D eigenvalue weighted by atomic mass is 9.86. The monoisotopic (exact) mass is 290 g/mol. The van der Waals surface area contributed by atoms with Gasteiger partial charge in [0.2, 0.25) is 5.91 Å². The zero-order chi connectivity index (χ0) is 14.4. The van der Waals surface area contributed by atoms with Crippen molar-refractivity contribution in [2.45, 2.75) is 82.8 Å². The lowest BCUT2D eigenvalue weighted by Gasteiger charge is -2.40. The van der Waals surface area contributed by atoms with E-state index in [9.17, 15) is 4.79 Å². The Morgan fingerprint density at radius 2 is 1.81 bits per heavy atom. The summed E-state index contributed by atoms with van der Waals surface area (Å²) in [5, 5.41) is 3.71. The first-order chi connectivity index (χ1) is 10.2. The SMILES string of the molecule is CCCN(C(=O)C1CC2CCC1C2)C1CC2CCC(C1)N2. The first kappa shape index (κ1) is 14.0. The van der Waals surface area contributed by atoms with Gasteiger partial charge in [0.05, 0.1) is 0 Å². The number of piperidine rings is 1. The maximum absolute atomic E-state index is 13.2. The summed E-state index contributed by atoms with van der Waals surface area (Å²) in [6.07, 6.45) is 11.4. The van der Waals surface area contributed by atoms with Crippen LogP contribution in [0.2, 0.25) is 0 Å². The fourth-order valence-corrected chi connectivity index (χ4v) is 5.76. The Kier molecular flexibility index (Phi) is 3.72. The summed E-state index contributed by atoms with van der Waals surface area (Å²) in [4.78, 5) is 15.5. The number of carbonyl (C=O) groups is 1. The Balaban J connectivity index is 1.47. The second-order valence-corrected chi connectivity index (χ2v) is 8.08. The van der Waals surface area contributed by atoms with Gasteiger partial charge in [-0.15, -0.1) is 0 Å².